The molecule has 0 aliphatic carbocycles. The Labute approximate surface area is 97.6 Å². The lowest BCUT2D eigenvalue weighted by Crippen LogP contribution is -2.43. The van der Waals surface area contributed by atoms with E-state index in [1.807, 2.05) is 0 Å². The average molecular weight is 250 g/mol. The third-order valence-corrected chi connectivity index (χ3v) is 3.11. The van der Waals surface area contributed by atoms with Gasteiger partial charge in [0, 0.05) is 24.3 Å². The van der Waals surface area contributed by atoms with Gasteiger partial charge in [-0.15, -0.1) is 0 Å². The topological polar surface area (TPSA) is 71.1 Å². The van der Waals surface area contributed by atoms with Crippen LogP contribution in [-0.4, -0.2) is 43.8 Å². The fraction of sp³-hybridized carbons (Fsp3) is 0.778. The van der Waals surface area contributed by atoms with E-state index in [2.05, 4.69) is 9.47 Å². The SMILES string of the molecule is COC(=O)OC1(OC(=O)OC)CCSCC1. The molecule has 7 heteroatoms. The number of thioether (sulfide) groups is 1. The summed E-state index contributed by atoms with van der Waals surface area (Å²) in [7, 11) is 2.40. The van der Waals surface area contributed by atoms with Crippen molar-refractivity contribution in [2.75, 3.05) is 25.7 Å². The second-order valence-corrected chi connectivity index (χ2v) is 4.36. The quantitative estimate of drug-likeness (QED) is 0.546. The maximum Gasteiger partial charge on any atom is 0.511 e. The maximum absolute atomic E-state index is 11.1. The van der Waals surface area contributed by atoms with Crippen molar-refractivity contribution in [3.05, 3.63) is 0 Å². The van der Waals surface area contributed by atoms with Crippen molar-refractivity contribution >= 4 is 24.1 Å². The molecule has 1 fully saturated rings. The van der Waals surface area contributed by atoms with Crippen LogP contribution in [0.5, 0.6) is 0 Å². The number of carbonyl (C=O) groups is 2. The Bertz CT molecular complexity index is 241. The average Bonchev–Trinajstić information content (AvgIpc) is 2.29. The van der Waals surface area contributed by atoms with Gasteiger partial charge in [-0.25, -0.2) is 9.59 Å². The normalized spacial score (nSPS) is 18.4. The summed E-state index contributed by atoms with van der Waals surface area (Å²) in [5.74, 6) is 0.243. The maximum atomic E-state index is 11.1. The summed E-state index contributed by atoms with van der Waals surface area (Å²) in [6, 6.07) is 0. The Kier molecular flexibility index (Phi) is 4.72. The molecule has 1 aliphatic heterocycles. The van der Waals surface area contributed by atoms with E-state index in [9.17, 15) is 9.59 Å². The molecule has 0 N–H and O–H groups in total. The molecule has 1 saturated heterocycles. The van der Waals surface area contributed by atoms with Crippen LogP contribution < -0.4 is 0 Å². The smallest absolute Gasteiger partial charge is 0.438 e. The van der Waals surface area contributed by atoms with Gasteiger partial charge in [-0.05, 0) is 0 Å². The van der Waals surface area contributed by atoms with E-state index in [0.29, 0.717) is 12.8 Å². The zero-order chi connectivity index (χ0) is 12.0. The molecule has 6 nitrogen and oxygen atoms in total. The Balaban J connectivity index is 2.66. The molecule has 0 unspecified atom stereocenters. The summed E-state index contributed by atoms with van der Waals surface area (Å²) < 4.78 is 18.8. The molecule has 1 heterocycles. The van der Waals surface area contributed by atoms with Crippen LogP contribution in [0.2, 0.25) is 0 Å². The van der Waals surface area contributed by atoms with Crippen molar-refractivity contribution in [1.29, 1.82) is 0 Å². The first-order valence-electron chi connectivity index (χ1n) is 4.73. The minimum atomic E-state index is -1.24. The highest BCUT2D eigenvalue weighted by molar-refractivity contribution is 7.99. The van der Waals surface area contributed by atoms with E-state index >= 15 is 0 Å². The summed E-state index contributed by atoms with van der Waals surface area (Å²) in [4.78, 5) is 22.1. The zero-order valence-corrected chi connectivity index (χ0v) is 10.0. The van der Waals surface area contributed by atoms with Crippen molar-refractivity contribution in [1.82, 2.24) is 0 Å². The fourth-order valence-corrected chi connectivity index (χ4v) is 2.41. The Morgan fingerprint density at radius 3 is 1.81 bits per heavy atom. The molecule has 0 aromatic heterocycles. The van der Waals surface area contributed by atoms with Gasteiger partial charge in [-0.3, -0.25) is 0 Å². The molecular weight excluding hydrogens is 236 g/mol. The number of ether oxygens (including phenoxy) is 4. The molecule has 0 amide bonds. The minimum absolute atomic E-state index is 0.432. The van der Waals surface area contributed by atoms with E-state index in [1.54, 1.807) is 11.8 Å². The van der Waals surface area contributed by atoms with E-state index in [-0.39, 0.29) is 0 Å². The molecule has 0 aromatic rings. The lowest BCUT2D eigenvalue weighted by molar-refractivity contribution is -0.189. The van der Waals surface area contributed by atoms with Gasteiger partial charge in [0.05, 0.1) is 14.2 Å². The Hall–Kier alpha value is -1.11. The van der Waals surface area contributed by atoms with Crippen LogP contribution in [0, 0.1) is 0 Å². The molecule has 0 atom stereocenters. The molecule has 0 saturated carbocycles. The molecule has 16 heavy (non-hydrogen) atoms. The van der Waals surface area contributed by atoms with Gasteiger partial charge < -0.3 is 18.9 Å². The Morgan fingerprint density at radius 1 is 1.00 bits per heavy atom. The number of hydrogen-bond acceptors (Lipinski definition) is 7. The van der Waals surface area contributed by atoms with Crippen molar-refractivity contribution < 1.29 is 28.5 Å². The predicted molar refractivity (Wildman–Crippen MR) is 56.3 cm³/mol. The first kappa shape index (κ1) is 13.0. The highest BCUT2D eigenvalue weighted by Crippen LogP contribution is 2.32. The summed E-state index contributed by atoms with van der Waals surface area (Å²) in [6.07, 6.45) is -0.865. The van der Waals surface area contributed by atoms with Crippen LogP contribution in [0.25, 0.3) is 0 Å². The van der Waals surface area contributed by atoms with Crippen LogP contribution in [0.4, 0.5) is 9.59 Å². The molecule has 0 radical (unpaired) electrons. The molecule has 1 aliphatic rings. The summed E-state index contributed by atoms with van der Waals surface area (Å²) in [6.45, 7) is 0. The van der Waals surface area contributed by atoms with Crippen LogP contribution in [0.1, 0.15) is 12.8 Å². The number of methoxy groups -OCH3 is 2. The molecule has 92 valence electrons. The van der Waals surface area contributed by atoms with Crippen molar-refractivity contribution in [2.24, 2.45) is 0 Å². The van der Waals surface area contributed by atoms with Crippen LogP contribution in [-0.2, 0) is 18.9 Å². The second kappa shape index (κ2) is 5.83. The predicted octanol–water partition coefficient (Wildman–Crippen LogP) is 1.78. The number of rotatable bonds is 2. The van der Waals surface area contributed by atoms with Gasteiger partial charge in [0.1, 0.15) is 0 Å². The third-order valence-electron chi connectivity index (χ3n) is 2.13. The number of carbonyl (C=O) groups excluding carboxylic acids is 2. The van der Waals surface area contributed by atoms with E-state index in [1.165, 1.54) is 14.2 Å². The molecule has 0 aromatic carbocycles. The highest BCUT2D eigenvalue weighted by Gasteiger charge is 2.41. The van der Waals surface area contributed by atoms with Gasteiger partial charge in [0.25, 0.3) is 5.79 Å². The summed E-state index contributed by atoms with van der Waals surface area (Å²) in [5, 5.41) is 0. The van der Waals surface area contributed by atoms with Gasteiger partial charge >= 0.3 is 12.3 Å². The lowest BCUT2D eigenvalue weighted by Gasteiger charge is -2.33. The minimum Gasteiger partial charge on any atom is -0.438 e. The molecule has 0 bridgehead atoms. The standard InChI is InChI=1S/C9H14O6S/c1-12-7(10)14-9(15-8(11)13-2)3-5-16-6-4-9/h3-6H2,1-2H3. The van der Waals surface area contributed by atoms with Crippen LogP contribution in [0.15, 0.2) is 0 Å². The fourth-order valence-electron chi connectivity index (χ4n) is 1.29. The van der Waals surface area contributed by atoms with Crippen LogP contribution >= 0.6 is 11.8 Å². The van der Waals surface area contributed by atoms with E-state index in [4.69, 9.17) is 9.47 Å². The van der Waals surface area contributed by atoms with Gasteiger partial charge in [0.2, 0.25) is 0 Å². The molecule has 1 rings (SSSR count). The monoisotopic (exact) mass is 250 g/mol. The molecule has 0 spiro atoms. The molecular formula is C9H14O6S. The third kappa shape index (κ3) is 3.48. The first-order chi connectivity index (χ1) is 7.62. The van der Waals surface area contributed by atoms with Crippen molar-refractivity contribution in [3.63, 3.8) is 0 Å². The Morgan fingerprint density at radius 2 is 1.44 bits per heavy atom. The van der Waals surface area contributed by atoms with Gasteiger partial charge in [-0.2, -0.15) is 11.8 Å². The highest BCUT2D eigenvalue weighted by atomic mass is 32.2. The van der Waals surface area contributed by atoms with Crippen molar-refractivity contribution in [3.8, 4) is 0 Å². The van der Waals surface area contributed by atoms with Gasteiger partial charge in [-0.1, -0.05) is 0 Å². The van der Waals surface area contributed by atoms with Crippen LogP contribution in [0.3, 0.4) is 0 Å². The van der Waals surface area contributed by atoms with Gasteiger partial charge in [0.15, 0.2) is 0 Å². The zero-order valence-electron chi connectivity index (χ0n) is 9.19. The lowest BCUT2D eigenvalue weighted by atomic mass is 10.1. The summed E-state index contributed by atoms with van der Waals surface area (Å²) >= 11 is 1.70. The van der Waals surface area contributed by atoms with Crippen molar-refractivity contribution in [2.45, 2.75) is 18.6 Å². The largest absolute Gasteiger partial charge is 0.511 e. The summed E-state index contributed by atoms with van der Waals surface area (Å²) in [5.41, 5.74) is 0. The first-order valence-corrected chi connectivity index (χ1v) is 5.89. The number of hydrogen-bond donors (Lipinski definition) is 0. The van der Waals surface area contributed by atoms with E-state index in [0.717, 1.165) is 11.5 Å². The second-order valence-electron chi connectivity index (χ2n) is 3.14. The van der Waals surface area contributed by atoms with E-state index < -0.39 is 18.1 Å².